The van der Waals surface area contributed by atoms with E-state index >= 15 is 0 Å². The molecule has 2 heterocycles. The van der Waals surface area contributed by atoms with E-state index in [2.05, 4.69) is 11.9 Å². The van der Waals surface area contributed by atoms with Gasteiger partial charge in [-0.15, -0.1) is 0 Å². The number of amidine groups is 1. The van der Waals surface area contributed by atoms with Crippen molar-refractivity contribution in [3.05, 3.63) is 10.1 Å². The minimum atomic E-state index is -2.17. The molecule has 0 N–H and O–H groups in total. The van der Waals surface area contributed by atoms with E-state index in [1.54, 1.807) is 0 Å². The monoisotopic (exact) mass is 309 g/mol. The highest BCUT2D eigenvalue weighted by atomic mass is 35.5. The summed E-state index contributed by atoms with van der Waals surface area (Å²) in [6.07, 6.45) is 0. The third-order valence-electron chi connectivity index (χ3n) is 3.76. The van der Waals surface area contributed by atoms with Gasteiger partial charge >= 0.3 is 4.46 Å². The maximum Gasteiger partial charge on any atom is 0.428 e. The van der Waals surface area contributed by atoms with E-state index in [9.17, 15) is 10.1 Å². The smallest absolute Gasteiger partial charge is 0.381 e. The standard InChI is InChI=1S/C11H17Cl2N3O3/c1-7-5-19-6-9(7)4-15-8(2)3-14-10(15)11(12,13)16(17)18/h7-9H,3-6H2,1-2H3. The summed E-state index contributed by atoms with van der Waals surface area (Å²) in [7, 11) is 0. The number of nitro groups is 1. The summed E-state index contributed by atoms with van der Waals surface area (Å²) in [4.78, 5) is 16.3. The molecule has 2 aliphatic heterocycles. The number of halogens is 2. The molecule has 0 bridgehead atoms. The summed E-state index contributed by atoms with van der Waals surface area (Å²) in [6, 6.07) is 0.0691. The number of hydrogen-bond acceptors (Lipinski definition) is 5. The van der Waals surface area contributed by atoms with Crippen LogP contribution in [0.15, 0.2) is 4.99 Å². The van der Waals surface area contributed by atoms with Gasteiger partial charge in [0.15, 0.2) is 0 Å². The van der Waals surface area contributed by atoms with Crippen molar-refractivity contribution >= 4 is 29.0 Å². The van der Waals surface area contributed by atoms with Gasteiger partial charge in [-0.3, -0.25) is 15.1 Å². The molecule has 0 saturated carbocycles. The fourth-order valence-corrected chi connectivity index (χ4v) is 2.76. The quantitative estimate of drug-likeness (QED) is 0.343. The third-order valence-corrected chi connectivity index (χ3v) is 4.37. The normalized spacial score (nSPS) is 31.7. The van der Waals surface area contributed by atoms with Crippen LogP contribution in [0.1, 0.15) is 13.8 Å². The van der Waals surface area contributed by atoms with Crippen molar-refractivity contribution in [2.24, 2.45) is 16.8 Å². The Morgan fingerprint density at radius 2 is 2.21 bits per heavy atom. The number of rotatable bonds is 4. The van der Waals surface area contributed by atoms with Crippen LogP contribution < -0.4 is 0 Å². The van der Waals surface area contributed by atoms with Crippen molar-refractivity contribution in [3.63, 3.8) is 0 Å². The second kappa shape index (κ2) is 5.42. The Labute approximate surface area is 121 Å². The molecule has 0 amide bonds. The molecule has 1 fully saturated rings. The Hall–Kier alpha value is -0.590. The van der Waals surface area contributed by atoms with Gasteiger partial charge in [0.25, 0.3) is 0 Å². The SMILES string of the molecule is CC1COCC1CN1C(C(Cl)(Cl)[N+](=O)[O-])=NCC1C. The number of alkyl halides is 2. The lowest BCUT2D eigenvalue weighted by Gasteiger charge is -2.30. The van der Waals surface area contributed by atoms with Crippen molar-refractivity contribution in [1.29, 1.82) is 0 Å². The van der Waals surface area contributed by atoms with Gasteiger partial charge in [-0.25, -0.2) is 0 Å². The van der Waals surface area contributed by atoms with Crippen LogP contribution in [0.25, 0.3) is 0 Å². The third kappa shape index (κ3) is 2.80. The van der Waals surface area contributed by atoms with Crippen molar-refractivity contribution in [2.45, 2.75) is 24.3 Å². The average Bonchev–Trinajstić information content (AvgIpc) is 2.88. The maximum absolute atomic E-state index is 11.0. The minimum Gasteiger partial charge on any atom is -0.381 e. The zero-order chi connectivity index (χ0) is 14.2. The van der Waals surface area contributed by atoms with E-state index < -0.39 is 9.38 Å². The van der Waals surface area contributed by atoms with Gasteiger partial charge < -0.3 is 9.64 Å². The van der Waals surface area contributed by atoms with Gasteiger partial charge in [-0.1, -0.05) is 6.92 Å². The van der Waals surface area contributed by atoms with Gasteiger partial charge in [0.05, 0.1) is 18.1 Å². The van der Waals surface area contributed by atoms with Crippen LogP contribution in [0.5, 0.6) is 0 Å². The van der Waals surface area contributed by atoms with E-state index in [4.69, 9.17) is 27.9 Å². The number of ether oxygens (including phenoxy) is 1. The second-order valence-electron chi connectivity index (χ2n) is 5.24. The minimum absolute atomic E-state index is 0.0691. The van der Waals surface area contributed by atoms with Crippen molar-refractivity contribution in [1.82, 2.24) is 4.90 Å². The Morgan fingerprint density at radius 3 is 2.74 bits per heavy atom. The maximum atomic E-state index is 11.0. The lowest BCUT2D eigenvalue weighted by atomic mass is 9.97. The Kier molecular flexibility index (Phi) is 4.23. The van der Waals surface area contributed by atoms with Crippen LogP contribution in [0.2, 0.25) is 0 Å². The first-order valence-corrected chi connectivity index (χ1v) is 7.01. The van der Waals surface area contributed by atoms with E-state index in [1.807, 2.05) is 11.8 Å². The molecule has 0 spiro atoms. The highest BCUT2D eigenvalue weighted by Gasteiger charge is 2.51. The highest BCUT2D eigenvalue weighted by Crippen LogP contribution is 2.32. The van der Waals surface area contributed by atoms with Crippen LogP contribution in [0.4, 0.5) is 0 Å². The molecule has 0 aromatic rings. The molecule has 0 aromatic carbocycles. The van der Waals surface area contributed by atoms with Gasteiger partial charge in [0.1, 0.15) is 0 Å². The van der Waals surface area contributed by atoms with Gasteiger partial charge in [0, 0.05) is 25.1 Å². The molecule has 3 atom stereocenters. The molecule has 0 aromatic heterocycles. The molecule has 8 heteroatoms. The molecule has 3 unspecified atom stereocenters. The Morgan fingerprint density at radius 1 is 1.53 bits per heavy atom. The Bertz CT molecular complexity index is 403. The molecule has 19 heavy (non-hydrogen) atoms. The Balaban J connectivity index is 2.13. The summed E-state index contributed by atoms with van der Waals surface area (Å²) in [5.41, 5.74) is 0. The summed E-state index contributed by atoms with van der Waals surface area (Å²) < 4.78 is 3.24. The number of nitrogens with zero attached hydrogens (tertiary/aromatic N) is 3. The summed E-state index contributed by atoms with van der Waals surface area (Å²) >= 11 is 11.6. The molecular formula is C11H17Cl2N3O3. The molecule has 2 rings (SSSR count). The summed E-state index contributed by atoms with van der Waals surface area (Å²) in [5, 5.41) is 11.0. The summed E-state index contributed by atoms with van der Waals surface area (Å²) in [6.45, 7) is 6.57. The molecule has 108 valence electrons. The second-order valence-corrected chi connectivity index (χ2v) is 6.53. The van der Waals surface area contributed by atoms with E-state index in [0.29, 0.717) is 31.5 Å². The van der Waals surface area contributed by atoms with Crippen LogP contribution in [0, 0.1) is 22.0 Å². The van der Waals surface area contributed by atoms with Crippen molar-refractivity contribution in [2.75, 3.05) is 26.3 Å². The van der Waals surface area contributed by atoms with Crippen LogP contribution in [0.3, 0.4) is 0 Å². The van der Waals surface area contributed by atoms with Crippen LogP contribution in [-0.4, -0.2) is 52.5 Å². The largest absolute Gasteiger partial charge is 0.428 e. The summed E-state index contributed by atoms with van der Waals surface area (Å²) in [5.74, 6) is 0.888. The topological polar surface area (TPSA) is 68.0 Å². The molecule has 0 radical (unpaired) electrons. The molecule has 6 nitrogen and oxygen atoms in total. The van der Waals surface area contributed by atoms with Crippen LogP contribution in [-0.2, 0) is 4.74 Å². The zero-order valence-corrected chi connectivity index (χ0v) is 12.4. The van der Waals surface area contributed by atoms with Gasteiger partial charge in [-0.2, -0.15) is 0 Å². The molecule has 0 aliphatic carbocycles. The lowest BCUT2D eigenvalue weighted by Crippen LogP contribution is -2.49. The van der Waals surface area contributed by atoms with Gasteiger partial charge in [0.2, 0.25) is 5.84 Å². The predicted molar refractivity (Wildman–Crippen MR) is 73.4 cm³/mol. The molecule has 1 saturated heterocycles. The number of hydrogen-bond donors (Lipinski definition) is 0. The van der Waals surface area contributed by atoms with Gasteiger partial charge in [-0.05, 0) is 36.0 Å². The molecule has 2 aliphatic rings. The first-order valence-electron chi connectivity index (χ1n) is 6.25. The first-order chi connectivity index (χ1) is 8.84. The fraction of sp³-hybridized carbons (Fsp3) is 0.909. The van der Waals surface area contributed by atoms with E-state index in [1.165, 1.54) is 0 Å². The lowest BCUT2D eigenvalue weighted by molar-refractivity contribution is -0.497. The zero-order valence-electron chi connectivity index (χ0n) is 10.9. The molecular weight excluding hydrogens is 293 g/mol. The fourth-order valence-electron chi connectivity index (χ4n) is 2.42. The number of aliphatic imine (C=N–C) groups is 1. The average molecular weight is 310 g/mol. The van der Waals surface area contributed by atoms with E-state index in [0.717, 1.165) is 6.61 Å². The van der Waals surface area contributed by atoms with Crippen molar-refractivity contribution in [3.8, 4) is 0 Å². The highest BCUT2D eigenvalue weighted by molar-refractivity contribution is 6.57. The van der Waals surface area contributed by atoms with Crippen LogP contribution >= 0.6 is 23.2 Å². The first kappa shape index (κ1) is 14.8. The predicted octanol–water partition coefficient (Wildman–Crippen LogP) is 1.78. The van der Waals surface area contributed by atoms with Crippen molar-refractivity contribution < 1.29 is 9.66 Å². The van der Waals surface area contributed by atoms with E-state index in [-0.39, 0.29) is 11.9 Å².